The number of alkyl halides is 3. The summed E-state index contributed by atoms with van der Waals surface area (Å²) < 4.78 is 42.0. The number of benzene rings is 1. The van der Waals surface area contributed by atoms with Gasteiger partial charge in [-0.05, 0) is 35.6 Å². The first kappa shape index (κ1) is 20.4. The molecule has 0 saturated heterocycles. The van der Waals surface area contributed by atoms with Crippen LogP contribution in [0.4, 0.5) is 13.2 Å². The fraction of sp³-hybridized carbons (Fsp3) is 0.227. The van der Waals surface area contributed by atoms with Crippen LogP contribution in [0.3, 0.4) is 0 Å². The summed E-state index contributed by atoms with van der Waals surface area (Å²) in [6.07, 6.45) is -1.73. The molecule has 0 fully saturated rings. The molecule has 8 heteroatoms. The number of aromatic nitrogens is 3. The van der Waals surface area contributed by atoms with Crippen LogP contribution in [-0.2, 0) is 11.8 Å². The van der Waals surface area contributed by atoms with Gasteiger partial charge in [0.15, 0.2) is 5.60 Å². The van der Waals surface area contributed by atoms with Gasteiger partial charge in [0.25, 0.3) is 0 Å². The van der Waals surface area contributed by atoms with Crippen molar-refractivity contribution in [3.05, 3.63) is 77.3 Å². The molecule has 0 spiro atoms. The quantitative estimate of drug-likeness (QED) is 0.455. The standard InChI is InChI=1S/C22H18F3N3OS/c1-13(2)21(29,18-9-10-26-12-27-18)19-8-6-14-16(28-19)7-5-15(17-4-3-11-30-17)20(14)22(23,24)25/h3-13,29H,1-2H3. The van der Waals surface area contributed by atoms with Crippen LogP contribution in [0, 0.1) is 5.92 Å². The highest BCUT2D eigenvalue weighted by molar-refractivity contribution is 7.13. The summed E-state index contributed by atoms with van der Waals surface area (Å²) in [6.45, 7) is 3.60. The Morgan fingerprint density at radius 1 is 1.00 bits per heavy atom. The zero-order valence-electron chi connectivity index (χ0n) is 16.2. The first-order chi connectivity index (χ1) is 14.2. The third kappa shape index (κ3) is 3.36. The third-order valence-corrected chi connectivity index (χ3v) is 6.04. The predicted octanol–water partition coefficient (Wildman–Crippen LogP) is 5.66. The summed E-state index contributed by atoms with van der Waals surface area (Å²) in [5.41, 5.74) is -1.44. The van der Waals surface area contributed by atoms with Crippen molar-refractivity contribution in [2.45, 2.75) is 25.6 Å². The molecule has 154 valence electrons. The molecule has 0 bridgehead atoms. The minimum Gasteiger partial charge on any atom is -0.377 e. The molecule has 0 aliphatic carbocycles. The van der Waals surface area contributed by atoms with E-state index in [9.17, 15) is 18.3 Å². The van der Waals surface area contributed by atoms with Gasteiger partial charge in [0.05, 0.1) is 22.5 Å². The van der Waals surface area contributed by atoms with Crippen molar-refractivity contribution in [3.63, 3.8) is 0 Å². The van der Waals surface area contributed by atoms with Crippen molar-refractivity contribution in [2.24, 2.45) is 5.92 Å². The van der Waals surface area contributed by atoms with Crippen LogP contribution in [0.5, 0.6) is 0 Å². The molecular formula is C22H18F3N3OS. The van der Waals surface area contributed by atoms with Gasteiger partial charge in [-0.15, -0.1) is 11.3 Å². The van der Waals surface area contributed by atoms with Crippen molar-refractivity contribution in [3.8, 4) is 10.4 Å². The summed E-state index contributed by atoms with van der Waals surface area (Å²) in [5.74, 6) is -0.329. The first-order valence-electron chi connectivity index (χ1n) is 9.27. The van der Waals surface area contributed by atoms with Crippen LogP contribution < -0.4 is 0 Å². The number of halogens is 3. The van der Waals surface area contributed by atoms with Gasteiger partial charge in [-0.2, -0.15) is 13.2 Å². The van der Waals surface area contributed by atoms with Gasteiger partial charge in [-0.3, -0.25) is 0 Å². The Bertz CT molecular complexity index is 1180. The van der Waals surface area contributed by atoms with Crippen molar-refractivity contribution < 1.29 is 18.3 Å². The summed E-state index contributed by atoms with van der Waals surface area (Å²) in [7, 11) is 0. The molecule has 1 unspecified atom stereocenters. The van der Waals surface area contributed by atoms with Crippen molar-refractivity contribution in [2.75, 3.05) is 0 Å². The normalized spacial score (nSPS) is 14.2. The number of hydrogen-bond acceptors (Lipinski definition) is 5. The second-order valence-corrected chi connectivity index (χ2v) is 8.19. The minimum absolute atomic E-state index is 0.00839. The predicted molar refractivity (Wildman–Crippen MR) is 110 cm³/mol. The third-order valence-electron chi connectivity index (χ3n) is 5.14. The molecular weight excluding hydrogens is 411 g/mol. The molecule has 30 heavy (non-hydrogen) atoms. The lowest BCUT2D eigenvalue weighted by molar-refractivity contribution is -0.135. The molecule has 1 aromatic carbocycles. The van der Waals surface area contributed by atoms with Crippen LogP contribution in [-0.4, -0.2) is 20.1 Å². The Hall–Kier alpha value is -2.84. The zero-order chi connectivity index (χ0) is 21.5. The average Bonchev–Trinajstić information content (AvgIpc) is 3.26. The highest BCUT2D eigenvalue weighted by Gasteiger charge is 2.40. The van der Waals surface area contributed by atoms with Gasteiger partial charge in [0.1, 0.15) is 6.33 Å². The summed E-state index contributed by atoms with van der Waals surface area (Å²) in [6, 6.07) is 10.8. The number of nitrogens with zero attached hydrogens (tertiary/aromatic N) is 3. The van der Waals surface area contributed by atoms with Gasteiger partial charge >= 0.3 is 6.18 Å². The zero-order valence-corrected chi connectivity index (χ0v) is 17.0. The Morgan fingerprint density at radius 2 is 1.80 bits per heavy atom. The van der Waals surface area contributed by atoms with Crippen LogP contribution in [0.15, 0.2) is 60.4 Å². The lowest BCUT2D eigenvalue weighted by atomic mass is 9.83. The molecule has 0 aliphatic rings. The van der Waals surface area contributed by atoms with Gasteiger partial charge in [-0.25, -0.2) is 15.0 Å². The Balaban J connectivity index is 1.95. The number of thiophene rings is 1. The SMILES string of the molecule is CC(C)C(O)(c1ccncn1)c1ccc2c(C(F)(F)F)c(-c3cccs3)ccc2n1. The second-order valence-electron chi connectivity index (χ2n) is 7.24. The maximum absolute atomic E-state index is 14.0. The van der Waals surface area contributed by atoms with Gasteiger partial charge in [0, 0.05) is 22.0 Å². The van der Waals surface area contributed by atoms with E-state index in [0.29, 0.717) is 10.6 Å². The van der Waals surface area contributed by atoms with E-state index >= 15 is 0 Å². The van der Waals surface area contributed by atoms with Gasteiger partial charge < -0.3 is 5.11 Å². The van der Waals surface area contributed by atoms with Crippen molar-refractivity contribution in [1.29, 1.82) is 0 Å². The lowest BCUT2D eigenvalue weighted by Gasteiger charge is -2.31. The van der Waals surface area contributed by atoms with E-state index in [2.05, 4.69) is 15.0 Å². The van der Waals surface area contributed by atoms with E-state index in [0.717, 1.165) is 0 Å². The largest absolute Gasteiger partial charge is 0.417 e. The molecule has 4 aromatic rings. The van der Waals surface area contributed by atoms with Gasteiger partial charge in [0.2, 0.25) is 0 Å². The number of aliphatic hydroxyl groups is 1. The maximum Gasteiger partial charge on any atom is 0.417 e. The highest BCUT2D eigenvalue weighted by Crippen LogP contribution is 2.43. The van der Waals surface area contributed by atoms with Gasteiger partial charge in [-0.1, -0.05) is 32.0 Å². The topological polar surface area (TPSA) is 58.9 Å². The molecule has 1 atom stereocenters. The van der Waals surface area contributed by atoms with Crippen LogP contribution in [0.1, 0.15) is 30.8 Å². The summed E-state index contributed by atoms with van der Waals surface area (Å²) in [5, 5.41) is 13.2. The Kier molecular flexibility index (Phi) is 5.07. The molecule has 0 saturated carbocycles. The van der Waals surface area contributed by atoms with E-state index in [1.54, 1.807) is 43.5 Å². The smallest absolute Gasteiger partial charge is 0.377 e. The molecule has 3 heterocycles. The number of fused-ring (bicyclic) bond motifs is 1. The van der Waals surface area contributed by atoms with E-state index in [1.807, 2.05) is 0 Å². The van der Waals surface area contributed by atoms with Crippen LogP contribution in [0.2, 0.25) is 0 Å². The number of rotatable bonds is 4. The molecule has 1 N–H and O–H groups in total. The molecule has 0 radical (unpaired) electrons. The van der Waals surface area contributed by atoms with Crippen molar-refractivity contribution in [1.82, 2.24) is 15.0 Å². The fourth-order valence-corrected chi connectivity index (χ4v) is 4.36. The molecule has 4 nitrogen and oxygen atoms in total. The van der Waals surface area contributed by atoms with Crippen molar-refractivity contribution >= 4 is 22.2 Å². The van der Waals surface area contributed by atoms with E-state index in [4.69, 9.17) is 0 Å². The van der Waals surface area contributed by atoms with E-state index in [1.165, 1.54) is 42.1 Å². The van der Waals surface area contributed by atoms with Crippen LogP contribution >= 0.6 is 11.3 Å². The first-order valence-corrected chi connectivity index (χ1v) is 10.1. The lowest BCUT2D eigenvalue weighted by Crippen LogP contribution is -2.35. The molecule has 4 rings (SSSR count). The Morgan fingerprint density at radius 3 is 2.40 bits per heavy atom. The molecule has 0 aliphatic heterocycles. The summed E-state index contributed by atoms with van der Waals surface area (Å²) >= 11 is 1.25. The fourth-order valence-electron chi connectivity index (χ4n) is 3.60. The van der Waals surface area contributed by atoms with Crippen LogP contribution in [0.25, 0.3) is 21.3 Å². The molecule has 3 aromatic heterocycles. The Labute approximate surface area is 175 Å². The van der Waals surface area contributed by atoms with E-state index < -0.39 is 17.3 Å². The molecule has 0 amide bonds. The number of pyridine rings is 1. The highest BCUT2D eigenvalue weighted by atomic mass is 32.1. The maximum atomic E-state index is 14.0. The minimum atomic E-state index is -4.55. The second kappa shape index (κ2) is 7.45. The average molecular weight is 429 g/mol. The van der Waals surface area contributed by atoms with E-state index in [-0.39, 0.29) is 28.1 Å². The summed E-state index contributed by atoms with van der Waals surface area (Å²) in [4.78, 5) is 13.0. The monoisotopic (exact) mass is 429 g/mol. The number of hydrogen-bond donors (Lipinski definition) is 1.